The van der Waals surface area contributed by atoms with Gasteiger partial charge in [-0.1, -0.05) is 0 Å². The third kappa shape index (κ3) is 1.87. The first-order valence-corrected chi connectivity index (χ1v) is 5.19. The number of aliphatic hydroxyl groups excluding tert-OH is 1. The molecule has 1 fully saturated rings. The molecule has 0 spiro atoms. The van der Waals surface area contributed by atoms with Crippen LogP contribution in [0.2, 0.25) is 0 Å². The smallest absolute Gasteiger partial charge is 0.0606 e. The number of hydrogen-bond acceptors (Lipinski definition) is 3. The van der Waals surface area contributed by atoms with Crippen molar-refractivity contribution in [3.63, 3.8) is 0 Å². The Morgan fingerprint density at radius 1 is 1.36 bits per heavy atom. The van der Waals surface area contributed by atoms with Gasteiger partial charge in [-0.05, 0) is 31.4 Å². The number of nitrogens with zero attached hydrogens (tertiary/aromatic N) is 2. The van der Waals surface area contributed by atoms with Gasteiger partial charge in [-0.15, -0.1) is 0 Å². The van der Waals surface area contributed by atoms with Crippen LogP contribution in [0.4, 0.5) is 5.69 Å². The molecule has 3 nitrogen and oxygen atoms in total. The Kier molecular flexibility index (Phi) is 2.99. The maximum Gasteiger partial charge on any atom is 0.0606 e. The van der Waals surface area contributed by atoms with Crippen LogP contribution in [-0.4, -0.2) is 29.3 Å². The number of hydrogen-bond donors (Lipinski definition) is 1. The fourth-order valence-corrected chi connectivity index (χ4v) is 1.86. The fourth-order valence-electron chi connectivity index (χ4n) is 1.86. The molecule has 1 aliphatic carbocycles. The van der Waals surface area contributed by atoms with Gasteiger partial charge >= 0.3 is 0 Å². The molecule has 1 aromatic heterocycles. The first-order valence-electron chi connectivity index (χ1n) is 5.19. The lowest BCUT2D eigenvalue weighted by atomic mass is 9.91. The largest absolute Gasteiger partial charge is 0.395 e. The zero-order chi connectivity index (χ0) is 9.80. The van der Waals surface area contributed by atoms with E-state index in [1.54, 1.807) is 12.4 Å². The monoisotopic (exact) mass is 192 g/mol. The van der Waals surface area contributed by atoms with Crippen molar-refractivity contribution in [2.75, 3.05) is 18.1 Å². The summed E-state index contributed by atoms with van der Waals surface area (Å²) in [7, 11) is 0. The van der Waals surface area contributed by atoms with Crippen LogP contribution in [0.5, 0.6) is 0 Å². The highest BCUT2D eigenvalue weighted by Gasteiger charge is 2.24. The predicted octanol–water partition coefficient (Wildman–Crippen LogP) is 1.43. The van der Waals surface area contributed by atoms with E-state index < -0.39 is 0 Å². The molecule has 1 aromatic rings. The summed E-state index contributed by atoms with van der Waals surface area (Å²) in [6.07, 6.45) is 7.43. The lowest BCUT2D eigenvalue weighted by Gasteiger charge is -2.38. The molecular weight excluding hydrogens is 176 g/mol. The van der Waals surface area contributed by atoms with E-state index in [1.807, 2.05) is 12.1 Å². The van der Waals surface area contributed by atoms with E-state index in [0.29, 0.717) is 6.04 Å². The lowest BCUT2D eigenvalue weighted by Crippen LogP contribution is -2.41. The van der Waals surface area contributed by atoms with Crippen molar-refractivity contribution in [3.05, 3.63) is 24.5 Å². The highest BCUT2D eigenvalue weighted by atomic mass is 16.3. The number of rotatable bonds is 4. The van der Waals surface area contributed by atoms with E-state index in [0.717, 1.165) is 6.54 Å². The standard InChI is InChI=1S/C11H16N2O/c14-9-8-13(10-2-1-3-10)11-4-6-12-7-5-11/h4-7,10,14H,1-3,8-9H2. The maximum atomic E-state index is 9.01. The van der Waals surface area contributed by atoms with Gasteiger partial charge in [0.05, 0.1) is 6.61 Å². The van der Waals surface area contributed by atoms with Gasteiger partial charge < -0.3 is 10.0 Å². The van der Waals surface area contributed by atoms with Crippen LogP contribution in [-0.2, 0) is 0 Å². The van der Waals surface area contributed by atoms with Crippen LogP contribution in [0, 0.1) is 0 Å². The van der Waals surface area contributed by atoms with Crippen LogP contribution < -0.4 is 4.90 Å². The highest BCUT2D eigenvalue weighted by Crippen LogP contribution is 2.28. The van der Waals surface area contributed by atoms with Crippen molar-refractivity contribution in [1.29, 1.82) is 0 Å². The van der Waals surface area contributed by atoms with Gasteiger partial charge in [0.2, 0.25) is 0 Å². The summed E-state index contributed by atoms with van der Waals surface area (Å²) in [5.74, 6) is 0. The molecule has 0 unspecified atom stereocenters. The van der Waals surface area contributed by atoms with Gasteiger partial charge in [-0.3, -0.25) is 4.98 Å². The highest BCUT2D eigenvalue weighted by molar-refractivity contribution is 5.46. The van der Waals surface area contributed by atoms with Gasteiger partial charge in [-0.2, -0.15) is 0 Å². The summed E-state index contributed by atoms with van der Waals surface area (Å²) in [5.41, 5.74) is 1.18. The molecule has 0 amide bonds. The van der Waals surface area contributed by atoms with Crippen LogP contribution in [0.1, 0.15) is 19.3 Å². The van der Waals surface area contributed by atoms with Crippen LogP contribution in [0.15, 0.2) is 24.5 Å². The number of aromatic nitrogens is 1. The molecule has 0 aromatic carbocycles. The summed E-state index contributed by atoms with van der Waals surface area (Å²) in [6.45, 7) is 0.952. The zero-order valence-electron chi connectivity index (χ0n) is 8.26. The summed E-state index contributed by atoms with van der Waals surface area (Å²) in [4.78, 5) is 6.28. The van der Waals surface area contributed by atoms with Crippen molar-refractivity contribution in [2.24, 2.45) is 0 Å². The van der Waals surface area contributed by atoms with Crippen molar-refractivity contribution < 1.29 is 5.11 Å². The molecule has 1 saturated carbocycles. The minimum Gasteiger partial charge on any atom is -0.395 e. The third-order valence-electron chi connectivity index (χ3n) is 2.85. The maximum absolute atomic E-state index is 9.01. The zero-order valence-corrected chi connectivity index (χ0v) is 8.26. The molecule has 3 heteroatoms. The molecule has 1 N–H and O–H groups in total. The van der Waals surface area contributed by atoms with Crippen molar-refractivity contribution in [2.45, 2.75) is 25.3 Å². The van der Waals surface area contributed by atoms with Gasteiger partial charge in [0.25, 0.3) is 0 Å². The number of aliphatic hydroxyl groups is 1. The topological polar surface area (TPSA) is 36.4 Å². The number of anilines is 1. The quantitative estimate of drug-likeness (QED) is 0.784. The summed E-state index contributed by atoms with van der Waals surface area (Å²) in [6, 6.07) is 4.65. The predicted molar refractivity (Wildman–Crippen MR) is 56.3 cm³/mol. The molecule has 0 radical (unpaired) electrons. The van der Waals surface area contributed by atoms with Crippen molar-refractivity contribution in [1.82, 2.24) is 4.98 Å². The molecule has 14 heavy (non-hydrogen) atoms. The molecule has 0 aliphatic heterocycles. The second-order valence-electron chi connectivity index (χ2n) is 3.71. The van der Waals surface area contributed by atoms with Crippen molar-refractivity contribution in [3.8, 4) is 0 Å². The van der Waals surface area contributed by atoms with Gasteiger partial charge in [0, 0.05) is 30.7 Å². The normalized spacial score (nSPS) is 16.4. The average molecular weight is 192 g/mol. The lowest BCUT2D eigenvalue weighted by molar-refractivity contribution is 0.283. The first kappa shape index (κ1) is 9.46. The van der Waals surface area contributed by atoms with E-state index in [4.69, 9.17) is 5.11 Å². The summed E-state index contributed by atoms with van der Waals surface area (Å²) < 4.78 is 0. The van der Waals surface area contributed by atoms with Gasteiger partial charge in [0.1, 0.15) is 0 Å². The Bertz CT molecular complexity index is 272. The SMILES string of the molecule is OCCN(c1ccncc1)C1CCC1. The van der Waals surface area contributed by atoms with E-state index in [9.17, 15) is 0 Å². The van der Waals surface area contributed by atoms with Crippen LogP contribution in [0.25, 0.3) is 0 Å². The molecule has 76 valence electrons. The molecule has 0 bridgehead atoms. The van der Waals surface area contributed by atoms with E-state index in [-0.39, 0.29) is 6.61 Å². The Balaban J connectivity index is 2.09. The Morgan fingerprint density at radius 2 is 2.07 bits per heavy atom. The first-order chi connectivity index (χ1) is 6.92. The summed E-state index contributed by atoms with van der Waals surface area (Å²) >= 11 is 0. The molecule has 1 aliphatic rings. The van der Waals surface area contributed by atoms with E-state index in [2.05, 4.69) is 9.88 Å². The van der Waals surface area contributed by atoms with Crippen molar-refractivity contribution >= 4 is 5.69 Å². The van der Waals surface area contributed by atoms with Crippen LogP contribution >= 0.6 is 0 Å². The third-order valence-corrected chi connectivity index (χ3v) is 2.85. The van der Waals surface area contributed by atoms with Gasteiger partial charge in [-0.25, -0.2) is 0 Å². The number of pyridine rings is 1. The fraction of sp³-hybridized carbons (Fsp3) is 0.545. The molecule has 0 atom stereocenters. The molecule has 1 heterocycles. The van der Waals surface area contributed by atoms with Gasteiger partial charge in [0.15, 0.2) is 0 Å². The Morgan fingerprint density at radius 3 is 2.57 bits per heavy atom. The Hall–Kier alpha value is -1.09. The minimum atomic E-state index is 0.221. The summed E-state index contributed by atoms with van der Waals surface area (Å²) in [5, 5.41) is 9.01. The van der Waals surface area contributed by atoms with E-state index in [1.165, 1.54) is 24.9 Å². The minimum absolute atomic E-state index is 0.221. The van der Waals surface area contributed by atoms with Crippen LogP contribution in [0.3, 0.4) is 0 Å². The molecular formula is C11H16N2O. The average Bonchev–Trinajstić information content (AvgIpc) is 2.16. The molecule has 0 saturated heterocycles. The molecule has 2 rings (SSSR count). The second kappa shape index (κ2) is 4.42. The second-order valence-corrected chi connectivity index (χ2v) is 3.71. The Labute approximate surface area is 84.4 Å². The van der Waals surface area contributed by atoms with E-state index >= 15 is 0 Å².